The van der Waals surface area contributed by atoms with Crippen molar-refractivity contribution >= 4 is 115 Å². The minimum Gasteiger partial charge on any atom is -0.744 e. The molecule has 32 heteroatoms. The van der Waals surface area contributed by atoms with Crippen molar-refractivity contribution in [2.45, 2.75) is 14.7 Å². The molecule has 0 saturated carbocycles. The molecule has 62 heavy (non-hydrogen) atoms. The van der Waals surface area contributed by atoms with E-state index >= 15 is 0 Å². The van der Waals surface area contributed by atoms with Crippen LogP contribution in [0.15, 0.2) is 91.4 Å². The van der Waals surface area contributed by atoms with Crippen molar-refractivity contribution in [3.05, 3.63) is 93.6 Å². The number of carboxylic acid groups (broad SMARTS) is 1. The number of nitrogens with one attached hydrogen (secondary N) is 3. The summed E-state index contributed by atoms with van der Waals surface area (Å²) >= 11 is 6.01. The van der Waals surface area contributed by atoms with E-state index in [1.807, 2.05) is 0 Å². The van der Waals surface area contributed by atoms with Crippen LogP contribution >= 0.6 is 11.6 Å². The molecule has 0 aliphatic heterocycles. The fraction of sp³-hybridized carbons (Fsp3) is 0. The summed E-state index contributed by atoms with van der Waals surface area (Å²) in [4.78, 5) is 33.0. The minimum absolute atomic E-state index is 0. The first kappa shape index (κ1) is 59.0. The number of benzene rings is 4. The summed E-state index contributed by atoms with van der Waals surface area (Å²) in [6.07, 6.45) is 0.492. The van der Waals surface area contributed by atoms with E-state index in [1.165, 1.54) is 24.3 Å². The molecule has 0 radical (unpaired) electrons. The first-order valence-electron chi connectivity index (χ1n) is 14.9. The number of hydrogen-bond acceptors (Lipinski definition) is 22. The molecule has 1 aliphatic carbocycles. The monoisotopic (exact) mass is 991 g/mol. The summed E-state index contributed by atoms with van der Waals surface area (Å²) in [5.41, 5.74) is -2.89. The van der Waals surface area contributed by atoms with Crippen LogP contribution in [0.2, 0.25) is 5.28 Å². The van der Waals surface area contributed by atoms with E-state index < -0.39 is 128 Å². The summed E-state index contributed by atoms with van der Waals surface area (Å²) in [5, 5.41) is 19.7. The molecule has 22 nitrogen and oxygen atoms in total. The van der Waals surface area contributed by atoms with E-state index in [4.69, 9.17) is 11.6 Å². The predicted octanol–water partition coefficient (Wildman–Crippen LogP) is -14.2. The maximum atomic E-state index is 14.1. The molecule has 296 valence electrons. The molecule has 5 aromatic rings. The van der Waals surface area contributed by atoms with Gasteiger partial charge in [-0.15, -0.1) is 0 Å². The van der Waals surface area contributed by atoms with Crippen LogP contribution in [0.5, 0.6) is 0 Å². The van der Waals surface area contributed by atoms with Gasteiger partial charge in [-0.25, -0.2) is 33.7 Å². The molecular formula is C30H15ClN7Na5O15S4. The number of hydrazone groups is 1. The van der Waals surface area contributed by atoms with Gasteiger partial charge in [-0.3, -0.25) is 10.2 Å². The summed E-state index contributed by atoms with van der Waals surface area (Å²) < 4.78 is 145. The molecule has 0 atom stereocenters. The van der Waals surface area contributed by atoms with Gasteiger partial charge in [-0.2, -0.15) is 20.1 Å². The van der Waals surface area contributed by atoms with Crippen LogP contribution in [0, 0.1) is 0 Å². The predicted molar refractivity (Wildman–Crippen MR) is 190 cm³/mol. The number of nitrogens with zero attached hydrogens (tertiary/aromatic N) is 4. The average molecular weight is 992 g/mol. The second kappa shape index (κ2) is 22.7. The second-order valence-electron chi connectivity index (χ2n) is 11.3. The van der Waals surface area contributed by atoms with Gasteiger partial charge in [0.1, 0.15) is 46.2 Å². The Bertz CT molecular complexity index is 3150. The summed E-state index contributed by atoms with van der Waals surface area (Å²) in [6, 6.07) is 11.3. The number of allylic oxidation sites excluding steroid dienone is 1. The van der Waals surface area contributed by atoms with Gasteiger partial charge in [-0.1, -0.05) is 30.3 Å². The van der Waals surface area contributed by atoms with Gasteiger partial charge in [0, 0.05) is 10.9 Å². The van der Waals surface area contributed by atoms with Crippen LogP contribution in [0.1, 0.15) is 26.3 Å². The Morgan fingerprint density at radius 2 is 1.21 bits per heavy atom. The molecule has 1 aliphatic rings. The summed E-state index contributed by atoms with van der Waals surface area (Å²) in [7, 11) is -21.5. The van der Waals surface area contributed by atoms with Gasteiger partial charge in [0.2, 0.25) is 23.0 Å². The maximum absolute atomic E-state index is 14.1. The van der Waals surface area contributed by atoms with E-state index in [1.54, 1.807) is 6.07 Å². The van der Waals surface area contributed by atoms with Crippen LogP contribution in [-0.2, 0) is 40.5 Å². The molecule has 0 fully saturated rings. The van der Waals surface area contributed by atoms with Gasteiger partial charge in [0.05, 0.1) is 48.2 Å². The van der Waals surface area contributed by atoms with Gasteiger partial charge >= 0.3 is 148 Å². The Balaban J connectivity index is 0.00000384. The van der Waals surface area contributed by atoms with Gasteiger partial charge in [-0.05, 0) is 65.0 Å². The minimum atomic E-state index is -5.67. The molecule has 1 heterocycles. The van der Waals surface area contributed by atoms with Crippen molar-refractivity contribution in [2.24, 2.45) is 5.10 Å². The number of halogens is 1. The molecule has 0 bridgehead atoms. The van der Waals surface area contributed by atoms with E-state index in [9.17, 15) is 66.6 Å². The van der Waals surface area contributed by atoms with Gasteiger partial charge in [0.25, 0.3) is 0 Å². The quantitative estimate of drug-likeness (QED) is 0.0628. The Morgan fingerprint density at radius 1 is 0.645 bits per heavy atom. The number of rotatable bonds is 11. The SMILES string of the molecule is O=C([O-])c1cc(S(=O)(=O)[O-])ccc1Nc1nc(Cl)nc(Nc2cc(S(=O)(=O)[O-])cc3c2C(=O)/C(=N\Nc2ccc4ccccc4c2S(=O)(=O)[O-])C(S(=O)(=O)[O-])=C3)n1.[Na+].[Na+].[Na+].[Na+].[Na+]. The number of anilines is 5. The van der Waals surface area contributed by atoms with Crippen molar-refractivity contribution < 1.29 is 214 Å². The Hall–Kier alpha value is -0.970. The van der Waals surface area contributed by atoms with Crippen LogP contribution in [-0.4, -0.2) is 84.3 Å². The average Bonchev–Trinajstić information content (AvgIpc) is 3.08. The third-order valence-electron chi connectivity index (χ3n) is 7.68. The number of Topliss-reactive ketones (excluding diaryl/α,β-unsaturated/α-hetero) is 1. The number of carbonyl (C=O) groups excluding carboxylic acids is 2. The summed E-state index contributed by atoms with van der Waals surface area (Å²) in [6.45, 7) is 0. The molecule has 3 N–H and O–H groups in total. The van der Waals surface area contributed by atoms with Crippen molar-refractivity contribution in [3.8, 4) is 0 Å². The zero-order valence-electron chi connectivity index (χ0n) is 32.4. The number of fused-ring (bicyclic) bond motifs is 2. The molecule has 6 rings (SSSR count). The van der Waals surface area contributed by atoms with Crippen molar-refractivity contribution in [2.75, 3.05) is 16.1 Å². The van der Waals surface area contributed by atoms with E-state index in [0.29, 0.717) is 29.7 Å². The first-order valence-corrected chi connectivity index (χ1v) is 20.9. The molecular weight excluding hydrogens is 977 g/mol. The topological polar surface area (TPSA) is 373 Å². The number of aromatic nitrogens is 3. The fourth-order valence-corrected chi connectivity index (χ4v) is 8.03. The first-order chi connectivity index (χ1) is 26.4. The second-order valence-corrected chi connectivity index (χ2v) is 17.1. The maximum Gasteiger partial charge on any atom is 1.00 e. The zero-order valence-corrected chi connectivity index (χ0v) is 46.4. The van der Waals surface area contributed by atoms with Crippen LogP contribution in [0.4, 0.5) is 29.0 Å². The molecule has 4 aromatic carbocycles. The van der Waals surface area contributed by atoms with Crippen molar-refractivity contribution in [3.63, 3.8) is 0 Å². The number of carbonyl (C=O) groups is 2. The third-order valence-corrected chi connectivity index (χ3v) is 11.3. The smallest absolute Gasteiger partial charge is 0.744 e. The number of ketones is 1. The van der Waals surface area contributed by atoms with Crippen LogP contribution < -0.4 is 169 Å². The molecule has 0 amide bonds. The number of aromatic carboxylic acids is 1. The fourth-order valence-electron chi connectivity index (χ4n) is 5.36. The van der Waals surface area contributed by atoms with E-state index in [-0.39, 0.29) is 153 Å². The number of hydrogen-bond donors (Lipinski definition) is 3. The normalized spacial score (nSPS) is 13.1. The standard InChI is InChI=1S/C30H20ClN7O15S4.5Na/c31-28-34-29(32-19-8-6-15(54(42,43)44)11-18(19)27(40)41)36-30(35-28)33-21-12-16(55(45,46)47)9-14-10-22(56(48,49)50)24(25(39)23(14)21)38-37-20-7-5-13-3-1-2-4-17(13)26(20)57(51,52)53;;;;;/h1-12,37H,(H,40,41)(H,42,43,44)(H,45,46,47)(H,48,49,50)(H,51,52,53)(H2,32,33,34,35,36);;;;;/q;5*+1/p-5/b38-24-;;;;;. The largest absolute Gasteiger partial charge is 1.00 e. The molecule has 1 aromatic heterocycles. The summed E-state index contributed by atoms with van der Waals surface area (Å²) in [5.74, 6) is -4.68. The van der Waals surface area contributed by atoms with Crippen molar-refractivity contribution in [1.82, 2.24) is 15.0 Å². The van der Waals surface area contributed by atoms with E-state index in [2.05, 4.69) is 36.1 Å². The Labute approximate surface area is 467 Å². The van der Waals surface area contributed by atoms with E-state index in [0.717, 1.165) is 18.2 Å². The van der Waals surface area contributed by atoms with Gasteiger partial charge in [0.15, 0.2) is 0 Å². The number of carboxylic acids is 1. The van der Waals surface area contributed by atoms with Crippen LogP contribution in [0.3, 0.4) is 0 Å². The Kier molecular flexibility index (Phi) is 21.6. The molecule has 0 unspecified atom stereocenters. The molecule has 0 saturated heterocycles. The Morgan fingerprint density at radius 3 is 1.76 bits per heavy atom. The van der Waals surface area contributed by atoms with Crippen molar-refractivity contribution in [1.29, 1.82) is 0 Å². The van der Waals surface area contributed by atoms with Crippen LogP contribution in [0.25, 0.3) is 16.8 Å². The third kappa shape index (κ3) is 13.6. The molecule has 0 spiro atoms. The zero-order chi connectivity index (χ0) is 41.8. The van der Waals surface area contributed by atoms with Gasteiger partial charge < -0.3 is 38.7 Å².